The maximum absolute atomic E-state index is 12.3. The van der Waals surface area contributed by atoms with Crippen molar-refractivity contribution in [3.63, 3.8) is 0 Å². The molecule has 0 aromatic carbocycles. The van der Waals surface area contributed by atoms with Crippen LogP contribution in [0.2, 0.25) is 0 Å². The summed E-state index contributed by atoms with van der Waals surface area (Å²) in [5, 5.41) is 2.98. The summed E-state index contributed by atoms with van der Waals surface area (Å²) < 4.78 is 0. The summed E-state index contributed by atoms with van der Waals surface area (Å²) in [5.74, 6) is -0.103. The lowest BCUT2D eigenvalue weighted by Gasteiger charge is -2.31. The van der Waals surface area contributed by atoms with Crippen LogP contribution in [0, 0.1) is 0 Å². The molecule has 5 heteroatoms. The van der Waals surface area contributed by atoms with Crippen LogP contribution in [0.3, 0.4) is 0 Å². The summed E-state index contributed by atoms with van der Waals surface area (Å²) in [6.45, 7) is 4.28. The molecule has 0 aromatic heterocycles. The number of rotatable bonds is 4. The predicted molar refractivity (Wildman–Crippen MR) is 68.8 cm³/mol. The lowest BCUT2D eigenvalue weighted by atomic mass is 9.98. The van der Waals surface area contributed by atoms with Crippen molar-refractivity contribution in [1.29, 1.82) is 0 Å². The van der Waals surface area contributed by atoms with Gasteiger partial charge >= 0.3 is 0 Å². The van der Waals surface area contributed by atoms with Gasteiger partial charge in [-0.3, -0.25) is 9.59 Å². The average Bonchev–Trinajstić information content (AvgIpc) is 3.01. The van der Waals surface area contributed by atoms with Gasteiger partial charge in [0.2, 0.25) is 11.8 Å². The Morgan fingerprint density at radius 2 is 2.06 bits per heavy atom. The van der Waals surface area contributed by atoms with Crippen molar-refractivity contribution in [3.05, 3.63) is 0 Å². The lowest BCUT2D eigenvalue weighted by molar-refractivity contribution is -0.142. The van der Waals surface area contributed by atoms with E-state index < -0.39 is 5.54 Å². The quantitative estimate of drug-likeness (QED) is 0.760. The highest BCUT2D eigenvalue weighted by atomic mass is 16.2. The molecule has 2 aliphatic rings. The highest BCUT2D eigenvalue weighted by Crippen LogP contribution is 2.24. The molecular formula is C13H23N3O2. The molecule has 2 rings (SSSR count). The van der Waals surface area contributed by atoms with Gasteiger partial charge < -0.3 is 16.0 Å². The second kappa shape index (κ2) is 4.88. The molecule has 5 nitrogen and oxygen atoms in total. The van der Waals surface area contributed by atoms with E-state index in [2.05, 4.69) is 5.32 Å². The predicted octanol–water partition coefficient (Wildman–Crippen LogP) is 0.383. The molecule has 0 spiro atoms. The topological polar surface area (TPSA) is 75.4 Å². The Morgan fingerprint density at radius 3 is 2.61 bits per heavy atom. The summed E-state index contributed by atoms with van der Waals surface area (Å²) in [6, 6.07) is 0.0259. The molecule has 0 aromatic rings. The van der Waals surface area contributed by atoms with Gasteiger partial charge in [0.05, 0.1) is 5.54 Å². The van der Waals surface area contributed by atoms with E-state index in [0.717, 1.165) is 25.7 Å². The van der Waals surface area contributed by atoms with E-state index in [4.69, 9.17) is 5.73 Å². The highest BCUT2D eigenvalue weighted by Gasteiger charge is 2.41. The van der Waals surface area contributed by atoms with Crippen molar-refractivity contribution in [1.82, 2.24) is 10.2 Å². The second-order valence-electron chi connectivity index (χ2n) is 5.71. The molecule has 2 fully saturated rings. The molecule has 2 amide bonds. The molecule has 2 atom stereocenters. The maximum Gasteiger partial charge on any atom is 0.243 e. The van der Waals surface area contributed by atoms with Gasteiger partial charge in [0.1, 0.15) is 6.04 Å². The molecule has 1 aliphatic heterocycles. The molecular weight excluding hydrogens is 230 g/mol. The van der Waals surface area contributed by atoms with Crippen molar-refractivity contribution >= 4 is 11.8 Å². The zero-order valence-corrected chi connectivity index (χ0v) is 11.2. The van der Waals surface area contributed by atoms with Gasteiger partial charge in [-0.15, -0.1) is 0 Å². The summed E-state index contributed by atoms with van der Waals surface area (Å²) in [6.07, 6.45) is 4.35. The minimum absolute atomic E-state index is 0.00440. The molecule has 1 saturated heterocycles. The van der Waals surface area contributed by atoms with Gasteiger partial charge in [-0.25, -0.2) is 0 Å². The van der Waals surface area contributed by atoms with E-state index in [1.54, 1.807) is 11.8 Å². The standard InChI is InChI=1S/C13H23N3O2/c1-3-13(2,14)12(18)16-8-4-5-10(16)11(17)15-9-6-7-9/h9-10H,3-8,14H2,1-2H3,(H,15,17). The normalized spacial score (nSPS) is 26.8. The van der Waals surface area contributed by atoms with Gasteiger partial charge in [-0.05, 0) is 39.0 Å². The van der Waals surface area contributed by atoms with Crippen LogP contribution in [-0.4, -0.2) is 40.9 Å². The Balaban J connectivity index is 2.02. The number of carbonyl (C=O) groups excluding carboxylic acids is 2. The third kappa shape index (κ3) is 2.66. The molecule has 2 unspecified atom stereocenters. The Kier molecular flexibility index (Phi) is 3.61. The molecule has 3 N–H and O–H groups in total. The molecule has 0 radical (unpaired) electrons. The SMILES string of the molecule is CCC(C)(N)C(=O)N1CCCC1C(=O)NC1CC1. The Morgan fingerprint density at radius 1 is 1.39 bits per heavy atom. The number of nitrogens with zero attached hydrogens (tertiary/aromatic N) is 1. The summed E-state index contributed by atoms with van der Waals surface area (Å²) in [7, 11) is 0. The summed E-state index contributed by atoms with van der Waals surface area (Å²) in [4.78, 5) is 26.1. The van der Waals surface area contributed by atoms with Crippen molar-refractivity contribution in [3.8, 4) is 0 Å². The molecule has 102 valence electrons. The first-order valence-electron chi connectivity index (χ1n) is 6.86. The number of carbonyl (C=O) groups is 2. The smallest absolute Gasteiger partial charge is 0.243 e. The number of likely N-dealkylation sites (tertiary alicyclic amines) is 1. The number of amides is 2. The van der Waals surface area contributed by atoms with Crippen LogP contribution in [0.5, 0.6) is 0 Å². The first kappa shape index (κ1) is 13.3. The summed E-state index contributed by atoms with van der Waals surface area (Å²) >= 11 is 0. The van der Waals surface area contributed by atoms with Crippen LogP contribution >= 0.6 is 0 Å². The van der Waals surface area contributed by atoms with Crippen molar-refractivity contribution in [2.45, 2.75) is 63.6 Å². The average molecular weight is 253 g/mol. The number of hydrogen-bond donors (Lipinski definition) is 2. The van der Waals surface area contributed by atoms with Gasteiger partial charge in [0.15, 0.2) is 0 Å². The zero-order valence-electron chi connectivity index (χ0n) is 11.2. The fourth-order valence-electron chi connectivity index (χ4n) is 2.29. The van der Waals surface area contributed by atoms with Crippen LogP contribution in [-0.2, 0) is 9.59 Å². The third-order valence-corrected chi connectivity index (χ3v) is 3.96. The largest absolute Gasteiger partial charge is 0.352 e. The second-order valence-corrected chi connectivity index (χ2v) is 5.71. The van der Waals surface area contributed by atoms with Crippen molar-refractivity contribution in [2.24, 2.45) is 5.73 Å². The van der Waals surface area contributed by atoms with E-state index in [1.165, 1.54) is 0 Å². The lowest BCUT2D eigenvalue weighted by Crippen LogP contribution is -2.57. The zero-order chi connectivity index (χ0) is 13.3. The monoisotopic (exact) mass is 253 g/mol. The van der Waals surface area contributed by atoms with Crippen LogP contribution in [0.15, 0.2) is 0 Å². The Hall–Kier alpha value is -1.10. The van der Waals surface area contributed by atoms with E-state index in [0.29, 0.717) is 19.0 Å². The maximum atomic E-state index is 12.3. The molecule has 1 saturated carbocycles. The molecule has 18 heavy (non-hydrogen) atoms. The molecule has 0 bridgehead atoms. The minimum atomic E-state index is -0.859. The van der Waals surface area contributed by atoms with Gasteiger partial charge in [-0.2, -0.15) is 0 Å². The van der Waals surface area contributed by atoms with Gasteiger partial charge in [0.25, 0.3) is 0 Å². The molecule has 1 heterocycles. The minimum Gasteiger partial charge on any atom is -0.352 e. The first-order chi connectivity index (χ1) is 8.45. The number of hydrogen-bond acceptors (Lipinski definition) is 3. The fraction of sp³-hybridized carbons (Fsp3) is 0.846. The van der Waals surface area contributed by atoms with E-state index in [-0.39, 0.29) is 17.9 Å². The van der Waals surface area contributed by atoms with E-state index >= 15 is 0 Å². The van der Waals surface area contributed by atoms with Crippen molar-refractivity contribution < 1.29 is 9.59 Å². The number of nitrogens with one attached hydrogen (secondary N) is 1. The Bertz CT molecular complexity index is 350. The third-order valence-electron chi connectivity index (χ3n) is 3.96. The Labute approximate surface area is 108 Å². The molecule has 1 aliphatic carbocycles. The van der Waals surface area contributed by atoms with Crippen LogP contribution in [0.25, 0.3) is 0 Å². The van der Waals surface area contributed by atoms with Crippen molar-refractivity contribution in [2.75, 3.05) is 6.54 Å². The first-order valence-corrected chi connectivity index (χ1v) is 6.86. The van der Waals surface area contributed by atoms with Gasteiger partial charge in [-0.1, -0.05) is 6.92 Å². The fourth-order valence-corrected chi connectivity index (χ4v) is 2.29. The summed E-state index contributed by atoms with van der Waals surface area (Å²) in [5.41, 5.74) is 5.13. The van der Waals surface area contributed by atoms with E-state index in [1.807, 2.05) is 6.92 Å². The van der Waals surface area contributed by atoms with Crippen LogP contribution < -0.4 is 11.1 Å². The van der Waals surface area contributed by atoms with Gasteiger partial charge in [0, 0.05) is 12.6 Å². The highest BCUT2D eigenvalue weighted by molar-refractivity contribution is 5.92. The number of nitrogens with two attached hydrogens (primary N) is 1. The van der Waals surface area contributed by atoms with E-state index in [9.17, 15) is 9.59 Å². The van der Waals surface area contributed by atoms with Crippen LogP contribution in [0.1, 0.15) is 46.0 Å². The van der Waals surface area contributed by atoms with Crippen LogP contribution in [0.4, 0.5) is 0 Å².